The Hall–Kier alpha value is -2.71. The Morgan fingerprint density at radius 1 is 1.47 bits per heavy atom. The molecule has 1 unspecified atom stereocenters. The summed E-state index contributed by atoms with van der Waals surface area (Å²) in [4.78, 5) is 26.8. The van der Waals surface area contributed by atoms with Crippen molar-refractivity contribution >= 4 is 17.8 Å². The highest BCUT2D eigenvalue weighted by atomic mass is 16.1. The molecule has 100 valence electrons. The van der Waals surface area contributed by atoms with Gasteiger partial charge >= 0.3 is 0 Å². The minimum atomic E-state index is -0.406. The van der Waals surface area contributed by atoms with E-state index in [-0.39, 0.29) is 24.4 Å². The van der Waals surface area contributed by atoms with E-state index in [2.05, 4.69) is 25.3 Å². The predicted molar refractivity (Wildman–Crippen MR) is 68.3 cm³/mol. The van der Waals surface area contributed by atoms with Gasteiger partial charge in [0.25, 0.3) is 0 Å². The van der Waals surface area contributed by atoms with Gasteiger partial charge in [0.05, 0.1) is 0 Å². The van der Waals surface area contributed by atoms with Crippen LogP contribution >= 0.6 is 0 Å². The maximum Gasteiger partial charge on any atom is 0.241 e. The zero-order chi connectivity index (χ0) is 13.8. The van der Waals surface area contributed by atoms with Gasteiger partial charge in [0, 0.05) is 24.9 Å². The molecule has 2 aromatic rings. The monoisotopic (exact) mass is 262 g/mol. The molecule has 0 saturated carbocycles. The second-order valence-corrected chi connectivity index (χ2v) is 4.00. The highest BCUT2D eigenvalue weighted by molar-refractivity contribution is 5.74. The van der Waals surface area contributed by atoms with Gasteiger partial charge in [0.15, 0.2) is 0 Å². The van der Waals surface area contributed by atoms with Gasteiger partial charge in [-0.2, -0.15) is 15.0 Å². The molecule has 5 N–H and O–H groups in total. The zero-order valence-electron chi connectivity index (χ0n) is 10.3. The molecule has 0 bridgehead atoms. The first kappa shape index (κ1) is 12.7. The van der Waals surface area contributed by atoms with Crippen molar-refractivity contribution < 1.29 is 4.79 Å². The number of nitrogens with one attached hydrogen (secondary N) is 1. The fraction of sp³-hybridized carbons (Fsp3) is 0.300. The summed E-state index contributed by atoms with van der Waals surface area (Å²) in [6.07, 6.45) is 5.01. The number of nitrogen functional groups attached to an aromatic ring is 1. The third-order valence-corrected chi connectivity index (χ3v) is 2.26. The van der Waals surface area contributed by atoms with Crippen molar-refractivity contribution in [2.45, 2.75) is 19.4 Å². The minimum Gasteiger partial charge on any atom is -0.370 e. The van der Waals surface area contributed by atoms with Crippen molar-refractivity contribution in [1.29, 1.82) is 0 Å². The van der Waals surface area contributed by atoms with E-state index >= 15 is 0 Å². The number of nitrogens with zero attached hydrogens (tertiary/aromatic N) is 5. The first-order valence-electron chi connectivity index (χ1n) is 5.59. The Morgan fingerprint density at radius 3 is 2.89 bits per heavy atom. The Labute approximate surface area is 109 Å². The van der Waals surface area contributed by atoms with Crippen molar-refractivity contribution in [3.8, 4) is 5.95 Å². The van der Waals surface area contributed by atoms with Gasteiger partial charge in [-0.3, -0.25) is 9.36 Å². The number of aromatic nitrogens is 5. The van der Waals surface area contributed by atoms with Gasteiger partial charge < -0.3 is 16.8 Å². The molecule has 2 aromatic heterocycles. The second kappa shape index (κ2) is 5.29. The Balaban J connectivity index is 2.20. The fourth-order valence-corrected chi connectivity index (χ4v) is 1.51. The Bertz CT molecular complexity index is 567. The van der Waals surface area contributed by atoms with Gasteiger partial charge in [-0.05, 0) is 6.92 Å². The topological polar surface area (TPSA) is 138 Å². The lowest BCUT2D eigenvalue weighted by Gasteiger charge is -2.12. The average Bonchev–Trinajstić information content (AvgIpc) is 2.79. The average molecular weight is 262 g/mol. The second-order valence-electron chi connectivity index (χ2n) is 4.00. The number of carbonyl (C=O) groups excluding carboxylic acids is 1. The molecule has 0 spiro atoms. The van der Waals surface area contributed by atoms with Gasteiger partial charge in [-0.25, -0.2) is 4.98 Å². The quantitative estimate of drug-likeness (QED) is 0.648. The Kier molecular flexibility index (Phi) is 3.55. The third-order valence-electron chi connectivity index (χ3n) is 2.26. The molecule has 2 rings (SSSR count). The number of primary amides is 1. The maximum absolute atomic E-state index is 10.8. The highest BCUT2D eigenvalue weighted by Gasteiger charge is 2.10. The normalized spacial score (nSPS) is 12.1. The molecule has 0 aliphatic rings. The summed E-state index contributed by atoms with van der Waals surface area (Å²) >= 11 is 0. The molecule has 0 aliphatic heterocycles. The molecule has 19 heavy (non-hydrogen) atoms. The van der Waals surface area contributed by atoms with Crippen molar-refractivity contribution in [2.24, 2.45) is 5.73 Å². The van der Waals surface area contributed by atoms with Crippen LogP contribution in [0.4, 0.5) is 11.9 Å². The van der Waals surface area contributed by atoms with E-state index in [1.165, 1.54) is 0 Å². The molecule has 1 atom stereocenters. The van der Waals surface area contributed by atoms with E-state index in [4.69, 9.17) is 11.5 Å². The van der Waals surface area contributed by atoms with Crippen molar-refractivity contribution in [3.05, 3.63) is 18.7 Å². The minimum absolute atomic E-state index is 0.0764. The number of carbonyl (C=O) groups is 1. The van der Waals surface area contributed by atoms with Crippen LogP contribution in [0.5, 0.6) is 0 Å². The molecule has 0 saturated heterocycles. The summed E-state index contributed by atoms with van der Waals surface area (Å²) in [7, 11) is 0. The maximum atomic E-state index is 10.8. The fourth-order valence-electron chi connectivity index (χ4n) is 1.51. The van der Waals surface area contributed by atoms with E-state index in [1.807, 2.05) is 0 Å². The summed E-state index contributed by atoms with van der Waals surface area (Å²) in [5, 5.41) is 2.94. The zero-order valence-corrected chi connectivity index (χ0v) is 10.3. The molecule has 9 heteroatoms. The summed E-state index contributed by atoms with van der Waals surface area (Å²) < 4.78 is 1.60. The van der Waals surface area contributed by atoms with E-state index in [0.717, 1.165) is 0 Å². The van der Waals surface area contributed by atoms with E-state index in [0.29, 0.717) is 5.95 Å². The van der Waals surface area contributed by atoms with Crippen LogP contribution in [0.15, 0.2) is 18.7 Å². The number of imidazole rings is 1. The van der Waals surface area contributed by atoms with Gasteiger partial charge in [0.1, 0.15) is 6.33 Å². The van der Waals surface area contributed by atoms with Crippen LogP contribution in [0.25, 0.3) is 5.95 Å². The Morgan fingerprint density at radius 2 is 2.26 bits per heavy atom. The van der Waals surface area contributed by atoms with Gasteiger partial charge in [-0.15, -0.1) is 0 Å². The molecule has 0 aromatic carbocycles. The SMILES string of the molecule is CC(CC(N)=O)Nc1nc(N)nc(-n2ccnc2)n1. The number of hydrogen-bond acceptors (Lipinski definition) is 7. The highest BCUT2D eigenvalue weighted by Crippen LogP contribution is 2.08. The molecular weight excluding hydrogens is 248 g/mol. The van der Waals surface area contributed by atoms with Crippen LogP contribution in [0.2, 0.25) is 0 Å². The smallest absolute Gasteiger partial charge is 0.241 e. The van der Waals surface area contributed by atoms with Crippen LogP contribution in [0.3, 0.4) is 0 Å². The lowest BCUT2D eigenvalue weighted by Crippen LogP contribution is -2.25. The van der Waals surface area contributed by atoms with Crippen LogP contribution < -0.4 is 16.8 Å². The third kappa shape index (κ3) is 3.37. The molecule has 0 fully saturated rings. The number of amides is 1. The van der Waals surface area contributed by atoms with E-state index in [1.54, 1.807) is 30.2 Å². The van der Waals surface area contributed by atoms with Gasteiger partial charge in [0.2, 0.25) is 23.8 Å². The van der Waals surface area contributed by atoms with Crippen LogP contribution in [0.1, 0.15) is 13.3 Å². The van der Waals surface area contributed by atoms with Crippen molar-refractivity contribution in [2.75, 3.05) is 11.1 Å². The first-order valence-corrected chi connectivity index (χ1v) is 5.59. The first-order chi connectivity index (χ1) is 9.04. The molecule has 0 radical (unpaired) electrons. The predicted octanol–water partition coefficient (Wildman–Crippen LogP) is -0.685. The molecule has 9 nitrogen and oxygen atoms in total. The van der Waals surface area contributed by atoms with Crippen molar-refractivity contribution in [3.63, 3.8) is 0 Å². The lowest BCUT2D eigenvalue weighted by molar-refractivity contribution is -0.118. The number of anilines is 2. The summed E-state index contributed by atoms with van der Waals surface area (Å²) in [5.41, 5.74) is 10.7. The number of nitrogens with two attached hydrogens (primary N) is 2. The van der Waals surface area contributed by atoms with Crippen LogP contribution in [-0.2, 0) is 4.79 Å². The lowest BCUT2D eigenvalue weighted by atomic mass is 10.2. The van der Waals surface area contributed by atoms with Crippen LogP contribution in [0, 0.1) is 0 Å². The number of rotatable bonds is 5. The standard InChI is InChI=1S/C10H14N8O/c1-6(4-7(11)19)14-9-15-8(12)16-10(17-9)18-3-2-13-5-18/h2-3,5-6H,4H2,1H3,(H2,11,19)(H3,12,14,15,16,17). The number of hydrogen-bond donors (Lipinski definition) is 3. The molecular formula is C10H14N8O. The van der Waals surface area contributed by atoms with E-state index < -0.39 is 5.91 Å². The summed E-state index contributed by atoms with van der Waals surface area (Å²) in [5.74, 6) is 0.299. The molecule has 1 amide bonds. The van der Waals surface area contributed by atoms with Crippen molar-refractivity contribution in [1.82, 2.24) is 24.5 Å². The van der Waals surface area contributed by atoms with Gasteiger partial charge in [-0.1, -0.05) is 0 Å². The molecule has 0 aliphatic carbocycles. The summed E-state index contributed by atoms with van der Waals surface area (Å²) in [6.45, 7) is 1.79. The van der Waals surface area contributed by atoms with E-state index in [9.17, 15) is 4.79 Å². The van der Waals surface area contributed by atoms with Crippen LogP contribution in [-0.4, -0.2) is 36.5 Å². The summed E-state index contributed by atoms with van der Waals surface area (Å²) in [6, 6.07) is -0.199. The largest absolute Gasteiger partial charge is 0.370 e. The molecule has 2 heterocycles.